The van der Waals surface area contributed by atoms with Gasteiger partial charge in [-0.05, 0) is 31.6 Å². The van der Waals surface area contributed by atoms with Crippen molar-refractivity contribution in [3.63, 3.8) is 0 Å². The standard InChI is InChI=1S/C20H33N3O2/c1-7-15-8-10-16(11-9-15)17(23(5)6)14-22-18(24)12-13-21-19(25)20(2,3)4/h8-11,17H,7,12-14H2,1-6H3,(H,21,25)(H,22,24). The van der Waals surface area contributed by atoms with Crippen LogP contribution < -0.4 is 10.6 Å². The molecule has 0 aliphatic heterocycles. The van der Waals surface area contributed by atoms with Crippen LogP contribution in [-0.2, 0) is 16.0 Å². The van der Waals surface area contributed by atoms with Crippen LogP contribution in [0.5, 0.6) is 0 Å². The average molecular weight is 348 g/mol. The number of carbonyl (C=O) groups is 2. The Balaban J connectivity index is 2.49. The Bertz CT molecular complexity index is 559. The van der Waals surface area contributed by atoms with Gasteiger partial charge in [-0.25, -0.2) is 0 Å². The number of hydrogen-bond acceptors (Lipinski definition) is 3. The van der Waals surface area contributed by atoms with E-state index in [1.807, 2.05) is 34.9 Å². The fraction of sp³-hybridized carbons (Fsp3) is 0.600. The van der Waals surface area contributed by atoms with Crippen molar-refractivity contribution in [1.29, 1.82) is 0 Å². The highest BCUT2D eigenvalue weighted by molar-refractivity contribution is 5.82. The molecule has 0 saturated heterocycles. The molecule has 25 heavy (non-hydrogen) atoms. The molecule has 5 heteroatoms. The van der Waals surface area contributed by atoms with Crippen LogP contribution in [0.2, 0.25) is 0 Å². The van der Waals surface area contributed by atoms with Crippen molar-refractivity contribution < 1.29 is 9.59 Å². The van der Waals surface area contributed by atoms with Gasteiger partial charge in [0.05, 0.1) is 6.04 Å². The second kappa shape index (κ2) is 9.56. The Morgan fingerprint density at radius 1 is 1.08 bits per heavy atom. The maximum absolute atomic E-state index is 12.1. The third-order valence-electron chi connectivity index (χ3n) is 4.21. The highest BCUT2D eigenvalue weighted by Gasteiger charge is 2.21. The zero-order valence-corrected chi connectivity index (χ0v) is 16.5. The molecule has 1 aromatic carbocycles. The van der Waals surface area contributed by atoms with E-state index in [2.05, 4.69) is 46.7 Å². The summed E-state index contributed by atoms with van der Waals surface area (Å²) in [5.41, 5.74) is 2.06. The molecule has 0 spiro atoms. The van der Waals surface area contributed by atoms with Crippen LogP contribution in [0.4, 0.5) is 0 Å². The molecule has 1 atom stereocenters. The van der Waals surface area contributed by atoms with Crippen molar-refractivity contribution in [3.8, 4) is 0 Å². The third-order valence-corrected chi connectivity index (χ3v) is 4.21. The number of amides is 2. The second-order valence-electron chi connectivity index (χ2n) is 7.63. The van der Waals surface area contributed by atoms with E-state index < -0.39 is 5.41 Å². The summed E-state index contributed by atoms with van der Waals surface area (Å²) in [6.07, 6.45) is 1.31. The van der Waals surface area contributed by atoms with Gasteiger partial charge in [0.15, 0.2) is 0 Å². The Kier molecular flexibility index (Phi) is 8.10. The normalized spacial score (nSPS) is 12.8. The smallest absolute Gasteiger partial charge is 0.225 e. The lowest BCUT2D eigenvalue weighted by Gasteiger charge is -2.25. The lowest BCUT2D eigenvalue weighted by Crippen LogP contribution is -2.39. The summed E-state index contributed by atoms with van der Waals surface area (Å²) in [6, 6.07) is 8.64. The van der Waals surface area contributed by atoms with Gasteiger partial charge in [0.25, 0.3) is 0 Å². The molecule has 0 heterocycles. The van der Waals surface area contributed by atoms with E-state index in [4.69, 9.17) is 0 Å². The number of nitrogens with zero attached hydrogens (tertiary/aromatic N) is 1. The number of carbonyl (C=O) groups excluding carboxylic acids is 2. The van der Waals surface area contributed by atoms with Gasteiger partial charge in [-0.3, -0.25) is 9.59 Å². The van der Waals surface area contributed by atoms with E-state index in [0.717, 1.165) is 6.42 Å². The maximum atomic E-state index is 12.1. The first-order chi connectivity index (χ1) is 11.6. The van der Waals surface area contributed by atoms with Gasteiger partial charge in [0.1, 0.15) is 0 Å². The van der Waals surface area contributed by atoms with Gasteiger partial charge >= 0.3 is 0 Å². The van der Waals surface area contributed by atoms with Gasteiger partial charge in [-0.2, -0.15) is 0 Å². The zero-order valence-electron chi connectivity index (χ0n) is 16.5. The van der Waals surface area contributed by atoms with Gasteiger partial charge in [-0.1, -0.05) is 52.0 Å². The molecule has 0 fully saturated rings. The molecule has 5 nitrogen and oxygen atoms in total. The van der Waals surface area contributed by atoms with Crippen molar-refractivity contribution in [3.05, 3.63) is 35.4 Å². The molecule has 1 aromatic rings. The van der Waals surface area contributed by atoms with Gasteiger partial charge in [0.2, 0.25) is 11.8 Å². The van der Waals surface area contributed by atoms with E-state index in [1.165, 1.54) is 11.1 Å². The summed E-state index contributed by atoms with van der Waals surface area (Å²) in [4.78, 5) is 25.9. The maximum Gasteiger partial charge on any atom is 0.225 e. The first-order valence-electron chi connectivity index (χ1n) is 8.95. The highest BCUT2D eigenvalue weighted by atomic mass is 16.2. The molecular formula is C20H33N3O2. The highest BCUT2D eigenvalue weighted by Crippen LogP contribution is 2.18. The molecule has 0 saturated carbocycles. The van der Waals surface area contributed by atoms with E-state index in [9.17, 15) is 9.59 Å². The molecule has 1 rings (SSSR count). The van der Waals surface area contributed by atoms with Gasteiger partial charge in [0, 0.05) is 24.9 Å². The number of likely N-dealkylation sites (N-methyl/N-ethyl adjacent to an activating group) is 1. The minimum atomic E-state index is -0.433. The molecule has 2 N–H and O–H groups in total. The molecule has 140 valence electrons. The molecule has 0 aromatic heterocycles. The van der Waals surface area contributed by atoms with Crippen LogP contribution >= 0.6 is 0 Å². The number of aryl methyl sites for hydroxylation is 1. The fourth-order valence-electron chi connectivity index (χ4n) is 2.43. The SMILES string of the molecule is CCc1ccc(C(CNC(=O)CCNC(=O)C(C)(C)C)N(C)C)cc1. The largest absolute Gasteiger partial charge is 0.355 e. The van der Waals surface area contributed by atoms with E-state index in [-0.39, 0.29) is 24.3 Å². The molecular weight excluding hydrogens is 314 g/mol. The van der Waals surface area contributed by atoms with Crippen LogP contribution in [0.3, 0.4) is 0 Å². The Morgan fingerprint density at radius 2 is 1.68 bits per heavy atom. The molecule has 1 unspecified atom stereocenters. The first kappa shape index (κ1) is 21.2. The fourth-order valence-corrected chi connectivity index (χ4v) is 2.43. The topological polar surface area (TPSA) is 61.4 Å². The summed E-state index contributed by atoms with van der Waals surface area (Å²) in [7, 11) is 4.02. The van der Waals surface area contributed by atoms with Gasteiger partial charge < -0.3 is 15.5 Å². The van der Waals surface area contributed by atoms with Crippen LogP contribution in [-0.4, -0.2) is 43.9 Å². The van der Waals surface area contributed by atoms with Crippen molar-refractivity contribution in [2.45, 2.75) is 46.6 Å². The molecule has 0 aliphatic rings. The predicted octanol–water partition coefficient (Wildman–Crippen LogP) is 2.52. The first-order valence-corrected chi connectivity index (χ1v) is 8.95. The zero-order chi connectivity index (χ0) is 19.0. The van der Waals surface area contributed by atoms with E-state index >= 15 is 0 Å². The Hall–Kier alpha value is -1.88. The lowest BCUT2D eigenvalue weighted by atomic mass is 9.96. The minimum absolute atomic E-state index is 0.0394. The molecule has 0 bridgehead atoms. The summed E-state index contributed by atoms with van der Waals surface area (Å²) in [6.45, 7) is 8.61. The number of nitrogens with one attached hydrogen (secondary N) is 2. The quantitative estimate of drug-likeness (QED) is 0.760. The van der Waals surface area contributed by atoms with Crippen LogP contribution in [0.15, 0.2) is 24.3 Å². The lowest BCUT2D eigenvalue weighted by molar-refractivity contribution is -0.128. The Morgan fingerprint density at radius 3 is 2.16 bits per heavy atom. The van der Waals surface area contributed by atoms with E-state index in [0.29, 0.717) is 13.1 Å². The van der Waals surface area contributed by atoms with Gasteiger partial charge in [-0.15, -0.1) is 0 Å². The second-order valence-corrected chi connectivity index (χ2v) is 7.63. The summed E-state index contributed by atoms with van der Waals surface area (Å²) in [5, 5.41) is 5.77. The summed E-state index contributed by atoms with van der Waals surface area (Å²) >= 11 is 0. The predicted molar refractivity (Wildman–Crippen MR) is 102 cm³/mol. The van der Waals surface area contributed by atoms with Crippen molar-refractivity contribution in [2.75, 3.05) is 27.2 Å². The van der Waals surface area contributed by atoms with Crippen LogP contribution in [0, 0.1) is 5.41 Å². The molecule has 0 radical (unpaired) electrons. The van der Waals surface area contributed by atoms with Crippen molar-refractivity contribution in [1.82, 2.24) is 15.5 Å². The number of hydrogen-bond donors (Lipinski definition) is 2. The minimum Gasteiger partial charge on any atom is -0.355 e. The summed E-state index contributed by atoms with van der Waals surface area (Å²) < 4.78 is 0. The molecule has 0 aliphatic carbocycles. The van der Waals surface area contributed by atoms with Crippen LogP contribution in [0.25, 0.3) is 0 Å². The van der Waals surface area contributed by atoms with Crippen LogP contribution in [0.1, 0.15) is 51.3 Å². The number of benzene rings is 1. The third kappa shape index (κ3) is 7.26. The summed E-state index contributed by atoms with van der Waals surface area (Å²) in [5.74, 6) is -0.0891. The molecule has 2 amide bonds. The van der Waals surface area contributed by atoms with Crippen molar-refractivity contribution in [2.24, 2.45) is 5.41 Å². The average Bonchev–Trinajstić information content (AvgIpc) is 2.54. The number of rotatable bonds is 8. The monoisotopic (exact) mass is 347 g/mol. The Labute approximate surface area is 152 Å². The van der Waals surface area contributed by atoms with Crippen molar-refractivity contribution >= 4 is 11.8 Å². The van der Waals surface area contributed by atoms with E-state index in [1.54, 1.807) is 0 Å².